The molecule has 1 atom stereocenters. The van der Waals surface area contributed by atoms with Crippen LogP contribution < -0.4 is 10.9 Å². The Hall–Kier alpha value is -3.73. The summed E-state index contributed by atoms with van der Waals surface area (Å²) in [7, 11) is 0. The van der Waals surface area contributed by atoms with Gasteiger partial charge in [-0.3, -0.25) is 45.0 Å². The van der Waals surface area contributed by atoms with Crippen LogP contribution in [0.2, 0.25) is 0 Å². The van der Waals surface area contributed by atoms with Gasteiger partial charge in [0.25, 0.3) is 29.3 Å². The first-order chi connectivity index (χ1) is 14.8. The zero-order valence-electron chi connectivity index (χ0n) is 16.4. The van der Waals surface area contributed by atoms with E-state index in [0.29, 0.717) is 5.75 Å². The van der Waals surface area contributed by atoms with Crippen LogP contribution in [0.4, 0.5) is 5.69 Å². The molecule has 0 fully saturated rings. The van der Waals surface area contributed by atoms with Crippen molar-refractivity contribution in [2.45, 2.75) is 12.5 Å². The molecular weight excluding hydrogens is 424 g/mol. The Morgan fingerprint density at radius 3 is 2.29 bits per heavy atom. The van der Waals surface area contributed by atoms with Crippen molar-refractivity contribution in [3.05, 3.63) is 75.3 Å². The summed E-state index contributed by atoms with van der Waals surface area (Å²) >= 11 is 1.44. The van der Waals surface area contributed by atoms with Gasteiger partial charge in [0.15, 0.2) is 0 Å². The quantitative estimate of drug-likeness (QED) is 0.378. The van der Waals surface area contributed by atoms with Gasteiger partial charge in [-0.2, -0.15) is 11.8 Å². The van der Waals surface area contributed by atoms with E-state index < -0.39 is 34.6 Å². The summed E-state index contributed by atoms with van der Waals surface area (Å²) in [6.45, 7) is 0. The lowest BCUT2D eigenvalue weighted by Crippen LogP contribution is -2.54. The van der Waals surface area contributed by atoms with Crippen molar-refractivity contribution in [1.29, 1.82) is 0 Å². The van der Waals surface area contributed by atoms with Crippen LogP contribution in [-0.2, 0) is 4.79 Å². The van der Waals surface area contributed by atoms with Crippen molar-refractivity contribution >= 4 is 41.1 Å². The maximum atomic E-state index is 12.8. The molecule has 3 rings (SSSR count). The van der Waals surface area contributed by atoms with Crippen LogP contribution in [0.15, 0.2) is 48.5 Å². The lowest BCUT2D eigenvalue weighted by atomic mass is 10.1. The number of carbonyl (C=O) groups is 4. The van der Waals surface area contributed by atoms with Gasteiger partial charge >= 0.3 is 0 Å². The van der Waals surface area contributed by atoms with Crippen LogP contribution in [-0.4, -0.2) is 51.5 Å². The van der Waals surface area contributed by atoms with Crippen molar-refractivity contribution in [2.24, 2.45) is 0 Å². The Bertz CT molecular complexity index is 1040. The van der Waals surface area contributed by atoms with Crippen LogP contribution in [0.1, 0.15) is 37.5 Å². The Kier molecular flexibility index (Phi) is 6.65. The number of fused-ring (bicyclic) bond motifs is 1. The van der Waals surface area contributed by atoms with E-state index in [1.165, 1.54) is 42.1 Å². The predicted octanol–water partition coefficient (Wildman–Crippen LogP) is 1.77. The minimum absolute atomic E-state index is 0.0316. The Morgan fingerprint density at radius 1 is 1.06 bits per heavy atom. The second-order valence-electron chi connectivity index (χ2n) is 6.57. The van der Waals surface area contributed by atoms with Gasteiger partial charge in [0.1, 0.15) is 6.04 Å². The summed E-state index contributed by atoms with van der Waals surface area (Å²) in [5.74, 6) is -2.19. The third kappa shape index (κ3) is 4.56. The van der Waals surface area contributed by atoms with Crippen molar-refractivity contribution < 1.29 is 24.1 Å². The number of thioether (sulfide) groups is 1. The number of hydrogen-bond donors (Lipinski definition) is 2. The van der Waals surface area contributed by atoms with Gasteiger partial charge in [-0.25, -0.2) is 0 Å². The fraction of sp³-hybridized carbons (Fsp3) is 0.200. The number of carbonyl (C=O) groups excluding carboxylic acids is 4. The third-order valence-corrected chi connectivity index (χ3v) is 5.30. The fourth-order valence-electron chi connectivity index (χ4n) is 3.13. The average Bonchev–Trinajstić information content (AvgIpc) is 3.03. The lowest BCUT2D eigenvalue weighted by molar-refractivity contribution is -0.384. The SMILES string of the molecule is CSCCC(C(=O)NNC(=O)c1cccc([N+](=O)[O-])c1)N1C(=O)c2ccccc2C1=O. The van der Waals surface area contributed by atoms with E-state index in [2.05, 4.69) is 10.9 Å². The molecule has 0 radical (unpaired) electrons. The molecule has 2 aromatic carbocycles. The summed E-state index contributed by atoms with van der Waals surface area (Å²) in [6, 6.07) is 10.1. The highest BCUT2D eigenvalue weighted by Gasteiger charge is 2.42. The molecule has 4 amide bonds. The number of nitro benzene ring substituents is 1. The molecule has 1 aliphatic rings. The van der Waals surface area contributed by atoms with Crippen LogP contribution in [0.5, 0.6) is 0 Å². The predicted molar refractivity (Wildman–Crippen MR) is 112 cm³/mol. The van der Waals surface area contributed by atoms with Gasteiger partial charge in [0.05, 0.1) is 16.1 Å². The number of amides is 4. The number of hydrogen-bond acceptors (Lipinski definition) is 7. The van der Waals surface area contributed by atoms with E-state index in [9.17, 15) is 29.3 Å². The molecule has 0 spiro atoms. The summed E-state index contributed by atoms with van der Waals surface area (Å²) in [5.41, 5.74) is 4.53. The molecule has 2 N–H and O–H groups in total. The van der Waals surface area contributed by atoms with E-state index in [1.54, 1.807) is 12.1 Å². The zero-order valence-corrected chi connectivity index (χ0v) is 17.2. The minimum Gasteiger partial charge on any atom is -0.271 e. The van der Waals surface area contributed by atoms with E-state index in [1.807, 2.05) is 6.26 Å². The largest absolute Gasteiger partial charge is 0.271 e. The second-order valence-corrected chi connectivity index (χ2v) is 7.56. The summed E-state index contributed by atoms with van der Waals surface area (Å²) in [6.07, 6.45) is 2.01. The molecule has 2 aromatic rings. The van der Waals surface area contributed by atoms with Gasteiger partial charge < -0.3 is 0 Å². The molecule has 0 aliphatic carbocycles. The fourth-order valence-corrected chi connectivity index (χ4v) is 3.59. The first-order valence-electron chi connectivity index (χ1n) is 9.15. The van der Waals surface area contributed by atoms with Crippen LogP contribution in [0, 0.1) is 10.1 Å². The molecule has 10 nitrogen and oxygen atoms in total. The summed E-state index contributed by atoms with van der Waals surface area (Å²) < 4.78 is 0. The van der Waals surface area contributed by atoms with Crippen LogP contribution in [0.3, 0.4) is 0 Å². The number of non-ortho nitro benzene ring substituents is 1. The Labute approximate surface area is 181 Å². The highest BCUT2D eigenvalue weighted by molar-refractivity contribution is 7.98. The molecule has 0 saturated heterocycles. The number of nitrogens with zero attached hydrogens (tertiary/aromatic N) is 2. The zero-order chi connectivity index (χ0) is 22.5. The van der Waals surface area contributed by atoms with Crippen molar-refractivity contribution in [3.63, 3.8) is 0 Å². The standard InChI is InChI=1S/C20H18N4O6S/c1-31-10-9-16(23-19(27)14-7-2-3-8-15(14)20(23)28)18(26)22-21-17(25)12-5-4-6-13(11-12)24(29)30/h2-8,11,16H,9-10H2,1H3,(H,21,25)(H,22,26). The number of rotatable bonds is 7. The average molecular weight is 442 g/mol. The number of nitrogens with one attached hydrogen (secondary N) is 2. The van der Waals surface area contributed by atoms with Gasteiger partial charge in [-0.15, -0.1) is 0 Å². The number of nitro groups is 1. The van der Waals surface area contributed by atoms with Crippen molar-refractivity contribution in [1.82, 2.24) is 15.8 Å². The van der Waals surface area contributed by atoms with Gasteiger partial charge in [-0.1, -0.05) is 18.2 Å². The highest BCUT2D eigenvalue weighted by Crippen LogP contribution is 2.26. The highest BCUT2D eigenvalue weighted by atomic mass is 32.2. The van der Waals surface area contributed by atoms with E-state index in [0.717, 1.165) is 11.0 Å². The van der Waals surface area contributed by atoms with Crippen molar-refractivity contribution in [2.75, 3.05) is 12.0 Å². The smallest absolute Gasteiger partial charge is 0.270 e. The van der Waals surface area contributed by atoms with Crippen molar-refractivity contribution in [3.8, 4) is 0 Å². The molecule has 1 heterocycles. The molecule has 160 valence electrons. The van der Waals surface area contributed by atoms with Crippen LogP contribution >= 0.6 is 11.8 Å². The topological polar surface area (TPSA) is 139 Å². The third-order valence-electron chi connectivity index (χ3n) is 4.65. The molecule has 1 unspecified atom stereocenters. The maximum absolute atomic E-state index is 12.8. The molecule has 0 saturated carbocycles. The Balaban J connectivity index is 1.75. The summed E-state index contributed by atoms with van der Waals surface area (Å²) in [5, 5.41) is 10.9. The molecule has 0 bridgehead atoms. The molecule has 1 aliphatic heterocycles. The van der Waals surface area contributed by atoms with Gasteiger partial charge in [-0.05, 0) is 36.6 Å². The molecular formula is C20H18N4O6S. The number of benzene rings is 2. The summed E-state index contributed by atoms with van der Waals surface area (Å²) in [4.78, 5) is 61.7. The lowest BCUT2D eigenvalue weighted by Gasteiger charge is -2.25. The van der Waals surface area contributed by atoms with Crippen LogP contribution in [0.25, 0.3) is 0 Å². The Morgan fingerprint density at radius 2 is 1.71 bits per heavy atom. The molecule has 0 aromatic heterocycles. The van der Waals surface area contributed by atoms with E-state index in [-0.39, 0.29) is 28.8 Å². The van der Waals surface area contributed by atoms with E-state index in [4.69, 9.17) is 0 Å². The molecule has 11 heteroatoms. The molecule has 31 heavy (non-hydrogen) atoms. The first-order valence-corrected chi connectivity index (χ1v) is 10.5. The van der Waals surface area contributed by atoms with E-state index >= 15 is 0 Å². The first kappa shape index (κ1) is 22.0. The number of hydrazine groups is 1. The normalized spacial score (nSPS) is 13.5. The minimum atomic E-state index is -1.13. The van der Waals surface area contributed by atoms with Gasteiger partial charge in [0.2, 0.25) is 0 Å². The second kappa shape index (κ2) is 9.39. The number of imide groups is 1. The maximum Gasteiger partial charge on any atom is 0.270 e. The monoisotopic (exact) mass is 442 g/mol. The van der Waals surface area contributed by atoms with Gasteiger partial charge in [0, 0.05) is 17.7 Å².